The Kier molecular flexibility index (Phi) is 5.53. The summed E-state index contributed by atoms with van der Waals surface area (Å²) in [6.45, 7) is 2.11. The second-order valence-electron chi connectivity index (χ2n) is 6.67. The van der Waals surface area contributed by atoms with E-state index < -0.39 is 15.9 Å². The highest BCUT2D eigenvalue weighted by molar-refractivity contribution is 9.10. The Morgan fingerprint density at radius 1 is 1.03 bits per heavy atom. The van der Waals surface area contributed by atoms with Crippen LogP contribution < -0.4 is 14.4 Å². The number of amides is 1. The largest absolute Gasteiger partial charge is 0.494 e. The number of carbonyl (C=O) groups is 1. The minimum absolute atomic E-state index is 0.185. The van der Waals surface area contributed by atoms with Gasteiger partial charge in [-0.05, 0) is 55.5 Å². The fourth-order valence-electron chi connectivity index (χ4n) is 3.41. The number of nitrogens with one attached hydrogen (secondary N) is 1. The molecule has 30 heavy (non-hydrogen) atoms. The van der Waals surface area contributed by atoms with Crippen molar-refractivity contribution in [1.29, 1.82) is 0 Å². The lowest BCUT2D eigenvalue weighted by Crippen LogP contribution is -2.40. The number of benzene rings is 3. The summed E-state index contributed by atoms with van der Waals surface area (Å²) in [5.74, 6) is 0.265. The molecule has 0 bridgehead atoms. The Morgan fingerprint density at radius 3 is 2.50 bits per heavy atom. The molecule has 0 saturated heterocycles. The average Bonchev–Trinajstić information content (AvgIpc) is 2.73. The zero-order valence-electron chi connectivity index (χ0n) is 16.1. The Bertz CT molecular complexity index is 1210. The van der Waals surface area contributed by atoms with Crippen LogP contribution in [0.4, 0.5) is 11.4 Å². The van der Waals surface area contributed by atoms with E-state index in [1.807, 2.05) is 13.0 Å². The van der Waals surface area contributed by atoms with E-state index in [1.165, 1.54) is 0 Å². The van der Waals surface area contributed by atoms with Crippen molar-refractivity contribution in [3.8, 4) is 16.9 Å². The van der Waals surface area contributed by atoms with Crippen LogP contribution in [0.3, 0.4) is 0 Å². The molecule has 0 saturated carbocycles. The first-order valence-corrected chi connectivity index (χ1v) is 11.6. The monoisotopic (exact) mass is 486 g/mol. The second kappa shape index (κ2) is 8.12. The molecule has 1 aliphatic rings. The second-order valence-corrected chi connectivity index (χ2v) is 9.42. The number of anilines is 2. The van der Waals surface area contributed by atoms with Gasteiger partial charge in [-0.1, -0.05) is 34.1 Å². The smallest absolute Gasteiger partial charge is 0.265 e. The van der Waals surface area contributed by atoms with Crippen molar-refractivity contribution < 1.29 is 17.9 Å². The van der Waals surface area contributed by atoms with Crippen molar-refractivity contribution in [3.63, 3.8) is 0 Å². The Balaban J connectivity index is 1.64. The lowest BCUT2D eigenvalue weighted by atomic mass is 10.0. The number of ether oxygens (including phenoxy) is 1. The summed E-state index contributed by atoms with van der Waals surface area (Å²) in [6.07, 6.45) is 0. The van der Waals surface area contributed by atoms with Gasteiger partial charge in [-0.15, -0.1) is 0 Å². The van der Waals surface area contributed by atoms with Crippen molar-refractivity contribution >= 4 is 43.2 Å². The number of hydrogen-bond acceptors (Lipinski definition) is 4. The van der Waals surface area contributed by atoms with E-state index in [2.05, 4.69) is 21.2 Å². The van der Waals surface area contributed by atoms with E-state index in [1.54, 1.807) is 60.7 Å². The molecule has 0 radical (unpaired) electrons. The molecule has 1 amide bonds. The van der Waals surface area contributed by atoms with Gasteiger partial charge in [-0.2, -0.15) is 0 Å². The first-order valence-electron chi connectivity index (χ1n) is 9.34. The zero-order chi connectivity index (χ0) is 21.3. The quantitative estimate of drug-likeness (QED) is 0.568. The zero-order valence-corrected chi connectivity index (χ0v) is 18.5. The number of fused-ring (bicyclic) bond motifs is 3. The number of halogens is 1. The highest BCUT2D eigenvalue weighted by Gasteiger charge is 2.35. The van der Waals surface area contributed by atoms with Crippen LogP contribution in [-0.4, -0.2) is 27.5 Å². The lowest BCUT2D eigenvalue weighted by Gasteiger charge is -2.31. The summed E-state index contributed by atoms with van der Waals surface area (Å²) in [4.78, 5) is 12.9. The molecule has 0 aliphatic carbocycles. The van der Waals surface area contributed by atoms with Crippen molar-refractivity contribution in [2.24, 2.45) is 0 Å². The van der Waals surface area contributed by atoms with Gasteiger partial charge in [0, 0.05) is 21.3 Å². The van der Waals surface area contributed by atoms with Gasteiger partial charge in [0.25, 0.3) is 10.0 Å². The normalized spacial score (nSPS) is 13.9. The maximum Gasteiger partial charge on any atom is 0.265 e. The van der Waals surface area contributed by atoms with Crippen molar-refractivity contribution in [2.45, 2.75) is 11.8 Å². The molecule has 0 unspecified atom stereocenters. The molecule has 6 nitrogen and oxygen atoms in total. The molecule has 1 aliphatic heterocycles. The van der Waals surface area contributed by atoms with E-state index in [-0.39, 0.29) is 11.4 Å². The molecule has 154 valence electrons. The first-order chi connectivity index (χ1) is 14.4. The van der Waals surface area contributed by atoms with Gasteiger partial charge in [0.05, 0.1) is 17.2 Å². The Labute approximate surface area is 183 Å². The van der Waals surface area contributed by atoms with Crippen LogP contribution in [0.1, 0.15) is 6.92 Å². The van der Waals surface area contributed by atoms with Crippen molar-refractivity contribution in [3.05, 3.63) is 71.2 Å². The van der Waals surface area contributed by atoms with Crippen molar-refractivity contribution in [1.82, 2.24) is 0 Å². The third kappa shape index (κ3) is 3.80. The molecule has 3 aromatic rings. The summed E-state index contributed by atoms with van der Waals surface area (Å²) >= 11 is 3.45. The van der Waals surface area contributed by atoms with E-state index >= 15 is 0 Å². The topological polar surface area (TPSA) is 75.7 Å². The standard InChI is InChI=1S/C22H19BrN2O4S/c1-2-29-17-10-8-16(9-11-17)24-22(26)14-25-20-12-7-15(23)13-19(20)18-5-3-4-6-21(18)30(25,27)28/h3-13H,2,14H2,1H3,(H,24,26). The van der Waals surface area contributed by atoms with Crippen LogP contribution in [0.25, 0.3) is 11.1 Å². The maximum absolute atomic E-state index is 13.3. The fourth-order valence-corrected chi connectivity index (χ4v) is 5.42. The molecule has 8 heteroatoms. The van der Waals surface area contributed by atoms with Crippen LogP contribution in [0, 0.1) is 0 Å². The van der Waals surface area contributed by atoms with E-state index in [9.17, 15) is 13.2 Å². The molecular weight excluding hydrogens is 468 g/mol. The molecule has 1 heterocycles. The van der Waals surface area contributed by atoms with Gasteiger partial charge in [0.1, 0.15) is 12.3 Å². The molecule has 0 aromatic heterocycles. The summed E-state index contributed by atoms with van der Waals surface area (Å²) in [5, 5.41) is 2.75. The molecule has 0 atom stereocenters. The molecule has 0 spiro atoms. The van der Waals surface area contributed by atoms with Gasteiger partial charge in [0.15, 0.2) is 0 Å². The number of carbonyl (C=O) groups excluding carboxylic acids is 1. The Hall–Kier alpha value is -2.84. The van der Waals surface area contributed by atoms with E-state index in [0.29, 0.717) is 29.3 Å². The third-order valence-corrected chi connectivity index (χ3v) is 7.02. The predicted molar refractivity (Wildman–Crippen MR) is 120 cm³/mol. The molecule has 1 N–H and O–H groups in total. The number of rotatable bonds is 5. The van der Waals surface area contributed by atoms with Crippen LogP contribution >= 0.6 is 15.9 Å². The van der Waals surface area contributed by atoms with Gasteiger partial charge < -0.3 is 10.1 Å². The first kappa shape index (κ1) is 20.4. The highest BCUT2D eigenvalue weighted by Crippen LogP contribution is 2.43. The van der Waals surface area contributed by atoms with E-state index in [4.69, 9.17) is 4.74 Å². The highest BCUT2D eigenvalue weighted by atomic mass is 79.9. The predicted octanol–water partition coefficient (Wildman–Crippen LogP) is 4.66. The summed E-state index contributed by atoms with van der Waals surface area (Å²) in [6, 6.07) is 19.1. The maximum atomic E-state index is 13.3. The molecule has 4 rings (SSSR count). The van der Waals surface area contributed by atoms with Crippen LogP contribution in [0.15, 0.2) is 76.1 Å². The molecular formula is C22H19BrN2O4S. The van der Waals surface area contributed by atoms with Crippen LogP contribution in [-0.2, 0) is 14.8 Å². The van der Waals surface area contributed by atoms with Gasteiger partial charge in [-0.25, -0.2) is 8.42 Å². The average molecular weight is 487 g/mol. The summed E-state index contributed by atoms with van der Waals surface area (Å²) in [7, 11) is -3.87. The molecule has 3 aromatic carbocycles. The third-order valence-electron chi connectivity index (χ3n) is 4.71. The fraction of sp³-hybridized carbons (Fsp3) is 0.136. The lowest BCUT2D eigenvalue weighted by molar-refractivity contribution is -0.114. The van der Waals surface area contributed by atoms with Crippen LogP contribution in [0.2, 0.25) is 0 Å². The van der Waals surface area contributed by atoms with E-state index in [0.717, 1.165) is 14.3 Å². The summed E-state index contributed by atoms with van der Waals surface area (Å²) in [5.41, 5.74) is 2.41. The van der Waals surface area contributed by atoms with Crippen LogP contribution in [0.5, 0.6) is 5.75 Å². The van der Waals surface area contributed by atoms with Gasteiger partial charge >= 0.3 is 0 Å². The molecule has 0 fully saturated rings. The Morgan fingerprint density at radius 2 is 1.77 bits per heavy atom. The number of sulfonamides is 1. The van der Waals surface area contributed by atoms with Gasteiger partial charge in [0.2, 0.25) is 5.91 Å². The van der Waals surface area contributed by atoms with Gasteiger partial charge in [-0.3, -0.25) is 9.10 Å². The summed E-state index contributed by atoms with van der Waals surface area (Å²) < 4.78 is 33.9. The number of hydrogen-bond donors (Lipinski definition) is 1. The minimum atomic E-state index is -3.87. The SMILES string of the molecule is CCOc1ccc(NC(=O)CN2c3ccc(Br)cc3-c3ccccc3S2(=O)=O)cc1. The van der Waals surface area contributed by atoms with Crippen molar-refractivity contribution in [2.75, 3.05) is 22.8 Å². The minimum Gasteiger partial charge on any atom is -0.494 e. The number of nitrogens with zero attached hydrogens (tertiary/aromatic N) is 1.